The lowest BCUT2D eigenvalue weighted by molar-refractivity contribution is -0.122. The summed E-state index contributed by atoms with van der Waals surface area (Å²) < 4.78 is 6.57. The molecular formula is C19H22BrNO2. The monoisotopic (exact) mass is 375 g/mol. The van der Waals surface area contributed by atoms with Gasteiger partial charge in [0, 0.05) is 4.47 Å². The van der Waals surface area contributed by atoms with E-state index in [9.17, 15) is 4.79 Å². The summed E-state index contributed by atoms with van der Waals surface area (Å²) in [5, 5.41) is 2.86. The van der Waals surface area contributed by atoms with Crippen molar-refractivity contribution < 1.29 is 9.53 Å². The summed E-state index contributed by atoms with van der Waals surface area (Å²) in [6.45, 7) is 8.23. The van der Waals surface area contributed by atoms with Crippen molar-refractivity contribution >= 4 is 27.5 Å². The van der Waals surface area contributed by atoms with Gasteiger partial charge in [-0.2, -0.15) is 0 Å². The van der Waals surface area contributed by atoms with Crippen LogP contribution < -0.4 is 10.1 Å². The van der Waals surface area contributed by atoms with Crippen LogP contribution in [0.15, 0.2) is 53.0 Å². The van der Waals surface area contributed by atoms with Gasteiger partial charge in [0.2, 0.25) is 0 Å². The van der Waals surface area contributed by atoms with E-state index >= 15 is 0 Å². The number of nitrogens with one attached hydrogen (secondary N) is 1. The molecule has 0 unspecified atom stereocenters. The van der Waals surface area contributed by atoms with Crippen molar-refractivity contribution in [3.8, 4) is 5.75 Å². The fraction of sp³-hybridized carbons (Fsp3) is 0.316. The minimum Gasteiger partial charge on any atom is -0.481 e. The van der Waals surface area contributed by atoms with Crippen molar-refractivity contribution in [1.82, 2.24) is 0 Å². The van der Waals surface area contributed by atoms with Crippen LogP contribution in [0.25, 0.3) is 0 Å². The Morgan fingerprint density at radius 3 is 2.26 bits per heavy atom. The zero-order chi connectivity index (χ0) is 17.0. The van der Waals surface area contributed by atoms with E-state index in [4.69, 9.17) is 4.74 Å². The number of halogens is 1. The van der Waals surface area contributed by atoms with Crippen LogP contribution in [0.1, 0.15) is 33.3 Å². The normalized spacial score (nSPS) is 12.6. The predicted molar refractivity (Wildman–Crippen MR) is 98.0 cm³/mol. The smallest absolute Gasteiger partial charge is 0.265 e. The first kappa shape index (κ1) is 17.5. The molecule has 1 N–H and O–H groups in total. The Labute approximate surface area is 146 Å². The van der Waals surface area contributed by atoms with Gasteiger partial charge in [-0.25, -0.2) is 0 Å². The minimum atomic E-state index is -0.581. The van der Waals surface area contributed by atoms with Crippen LogP contribution in [-0.4, -0.2) is 12.0 Å². The quantitative estimate of drug-likeness (QED) is 0.801. The number of benzene rings is 2. The third kappa shape index (κ3) is 4.83. The van der Waals surface area contributed by atoms with E-state index in [-0.39, 0.29) is 11.3 Å². The van der Waals surface area contributed by atoms with Crippen molar-refractivity contribution in [2.45, 2.75) is 39.2 Å². The average molecular weight is 376 g/mol. The van der Waals surface area contributed by atoms with Crippen LogP contribution in [0, 0.1) is 0 Å². The zero-order valence-corrected chi connectivity index (χ0v) is 15.5. The summed E-state index contributed by atoms with van der Waals surface area (Å²) >= 11 is 3.41. The molecule has 0 spiro atoms. The molecule has 3 nitrogen and oxygen atoms in total. The van der Waals surface area contributed by atoms with Crippen LogP contribution in [0.5, 0.6) is 5.75 Å². The first-order valence-corrected chi connectivity index (χ1v) is 8.39. The Bertz CT molecular complexity index is 675. The van der Waals surface area contributed by atoms with Gasteiger partial charge in [0.15, 0.2) is 6.10 Å². The van der Waals surface area contributed by atoms with Gasteiger partial charge in [-0.1, -0.05) is 45.0 Å². The Balaban J connectivity index is 2.00. The van der Waals surface area contributed by atoms with E-state index < -0.39 is 6.10 Å². The molecule has 1 amide bonds. The average Bonchev–Trinajstić information content (AvgIpc) is 2.49. The van der Waals surface area contributed by atoms with Crippen LogP contribution >= 0.6 is 15.9 Å². The number of amides is 1. The van der Waals surface area contributed by atoms with Crippen molar-refractivity contribution in [2.24, 2.45) is 0 Å². The fourth-order valence-corrected chi connectivity index (χ4v) is 2.47. The SMILES string of the molecule is C[C@H](Oc1ccc(C(C)(C)C)cc1)C(=O)Nc1ccccc1Br. The first-order valence-electron chi connectivity index (χ1n) is 7.60. The second-order valence-corrected chi connectivity index (χ2v) is 7.36. The van der Waals surface area contributed by atoms with E-state index in [1.807, 2.05) is 48.5 Å². The molecule has 0 heterocycles. The topological polar surface area (TPSA) is 38.3 Å². The molecule has 0 radical (unpaired) electrons. The highest BCUT2D eigenvalue weighted by atomic mass is 79.9. The van der Waals surface area contributed by atoms with Gasteiger partial charge in [-0.15, -0.1) is 0 Å². The van der Waals surface area contributed by atoms with Gasteiger partial charge in [-0.05, 0) is 58.1 Å². The molecular weight excluding hydrogens is 354 g/mol. The summed E-state index contributed by atoms with van der Waals surface area (Å²) in [4.78, 5) is 12.2. The van der Waals surface area contributed by atoms with Gasteiger partial charge < -0.3 is 10.1 Å². The fourth-order valence-electron chi connectivity index (χ4n) is 2.09. The Hall–Kier alpha value is -1.81. The van der Waals surface area contributed by atoms with Gasteiger partial charge in [0.1, 0.15) is 5.75 Å². The summed E-state index contributed by atoms with van der Waals surface area (Å²) in [7, 11) is 0. The molecule has 1 atom stereocenters. The molecule has 122 valence electrons. The molecule has 0 aromatic heterocycles. The second-order valence-electron chi connectivity index (χ2n) is 6.50. The first-order chi connectivity index (χ1) is 10.8. The van der Waals surface area contributed by atoms with E-state index in [0.29, 0.717) is 5.75 Å². The Morgan fingerprint density at radius 2 is 1.70 bits per heavy atom. The highest BCUT2D eigenvalue weighted by Gasteiger charge is 2.17. The largest absolute Gasteiger partial charge is 0.481 e. The molecule has 2 aromatic rings. The predicted octanol–water partition coefficient (Wildman–Crippen LogP) is 5.15. The van der Waals surface area contributed by atoms with Crippen LogP contribution in [0.4, 0.5) is 5.69 Å². The zero-order valence-electron chi connectivity index (χ0n) is 13.9. The number of hydrogen-bond acceptors (Lipinski definition) is 2. The van der Waals surface area contributed by atoms with E-state index in [0.717, 1.165) is 10.2 Å². The molecule has 23 heavy (non-hydrogen) atoms. The van der Waals surface area contributed by atoms with Gasteiger partial charge in [0.05, 0.1) is 5.69 Å². The number of anilines is 1. The summed E-state index contributed by atoms with van der Waals surface area (Å²) in [5.41, 5.74) is 2.06. The minimum absolute atomic E-state index is 0.0983. The molecule has 0 fully saturated rings. The Morgan fingerprint density at radius 1 is 1.09 bits per heavy atom. The molecule has 0 aliphatic carbocycles. The molecule has 0 bridgehead atoms. The molecule has 0 aliphatic heterocycles. The van der Waals surface area contributed by atoms with Crippen LogP contribution in [-0.2, 0) is 10.2 Å². The standard InChI is InChI=1S/C19H22BrNO2/c1-13(18(22)21-17-8-6-5-7-16(17)20)23-15-11-9-14(10-12-15)19(2,3)4/h5-13H,1-4H3,(H,21,22)/t13-/m0/s1. The van der Waals surface area contributed by atoms with Crippen molar-refractivity contribution in [2.75, 3.05) is 5.32 Å². The van der Waals surface area contributed by atoms with Gasteiger partial charge in [0.25, 0.3) is 5.91 Å². The number of carbonyl (C=O) groups excluding carboxylic acids is 1. The molecule has 0 aliphatic rings. The van der Waals surface area contributed by atoms with Crippen LogP contribution in [0.3, 0.4) is 0 Å². The van der Waals surface area contributed by atoms with E-state index in [1.165, 1.54) is 5.56 Å². The lowest BCUT2D eigenvalue weighted by atomic mass is 9.87. The maximum absolute atomic E-state index is 12.2. The highest BCUT2D eigenvalue weighted by molar-refractivity contribution is 9.10. The Kier molecular flexibility index (Phi) is 5.47. The molecule has 0 saturated carbocycles. The molecule has 4 heteroatoms. The third-order valence-corrected chi connectivity index (χ3v) is 4.23. The third-order valence-electron chi connectivity index (χ3n) is 3.53. The maximum atomic E-state index is 12.2. The van der Waals surface area contributed by atoms with Crippen molar-refractivity contribution in [1.29, 1.82) is 0 Å². The van der Waals surface area contributed by atoms with Gasteiger partial charge in [-0.3, -0.25) is 4.79 Å². The molecule has 2 rings (SSSR count). The summed E-state index contributed by atoms with van der Waals surface area (Å²) in [6.07, 6.45) is -0.581. The van der Waals surface area contributed by atoms with Gasteiger partial charge >= 0.3 is 0 Å². The summed E-state index contributed by atoms with van der Waals surface area (Å²) in [6, 6.07) is 15.4. The second kappa shape index (κ2) is 7.18. The van der Waals surface area contributed by atoms with E-state index in [1.54, 1.807) is 6.92 Å². The number of hydrogen-bond donors (Lipinski definition) is 1. The maximum Gasteiger partial charge on any atom is 0.265 e. The lowest BCUT2D eigenvalue weighted by Crippen LogP contribution is -2.30. The molecule has 2 aromatic carbocycles. The van der Waals surface area contributed by atoms with Crippen molar-refractivity contribution in [3.63, 3.8) is 0 Å². The van der Waals surface area contributed by atoms with Crippen LogP contribution in [0.2, 0.25) is 0 Å². The lowest BCUT2D eigenvalue weighted by Gasteiger charge is -2.20. The van der Waals surface area contributed by atoms with Crippen molar-refractivity contribution in [3.05, 3.63) is 58.6 Å². The number of para-hydroxylation sites is 1. The summed E-state index contributed by atoms with van der Waals surface area (Å²) in [5.74, 6) is 0.504. The number of rotatable bonds is 4. The highest BCUT2D eigenvalue weighted by Crippen LogP contribution is 2.25. The number of ether oxygens (including phenoxy) is 1. The molecule has 0 saturated heterocycles. The number of carbonyl (C=O) groups is 1. The van der Waals surface area contributed by atoms with E-state index in [2.05, 4.69) is 42.0 Å².